The fourth-order valence-electron chi connectivity index (χ4n) is 3.82. The summed E-state index contributed by atoms with van der Waals surface area (Å²) in [4.78, 5) is 40.7. The Morgan fingerprint density at radius 1 is 1.03 bits per heavy atom. The number of aromatic nitrogens is 3. The van der Waals surface area contributed by atoms with Crippen molar-refractivity contribution in [2.24, 2.45) is 0 Å². The summed E-state index contributed by atoms with van der Waals surface area (Å²) in [6, 6.07) is 9.88. The second-order valence-corrected chi connectivity index (χ2v) is 9.27. The molecule has 0 bridgehead atoms. The molecule has 0 atom stereocenters. The van der Waals surface area contributed by atoms with Gasteiger partial charge in [-0.25, -0.2) is 4.98 Å². The summed E-state index contributed by atoms with van der Waals surface area (Å²) in [6.07, 6.45) is 3.30. The molecule has 158 valence electrons. The van der Waals surface area contributed by atoms with Crippen LogP contribution < -0.4 is 5.56 Å². The number of thiophene rings is 2. The summed E-state index contributed by atoms with van der Waals surface area (Å²) < 4.78 is 1.44. The zero-order valence-electron chi connectivity index (χ0n) is 16.8. The number of hydrogen-bond acceptors (Lipinski definition) is 7. The van der Waals surface area contributed by atoms with Crippen LogP contribution in [0.15, 0.2) is 58.4 Å². The van der Waals surface area contributed by atoms with Crippen LogP contribution in [0.5, 0.6) is 0 Å². The number of nitrogens with zero attached hydrogens (tertiary/aromatic N) is 5. The molecule has 1 aliphatic heterocycles. The molecular weight excluding hydrogens is 430 g/mol. The van der Waals surface area contributed by atoms with Gasteiger partial charge < -0.3 is 4.90 Å². The third-order valence-electron chi connectivity index (χ3n) is 5.49. The van der Waals surface area contributed by atoms with E-state index in [9.17, 15) is 9.59 Å². The molecule has 1 aliphatic rings. The van der Waals surface area contributed by atoms with Gasteiger partial charge in [-0.15, -0.1) is 22.7 Å². The monoisotopic (exact) mass is 451 g/mol. The fraction of sp³-hybridized carbons (Fsp3) is 0.273. The minimum atomic E-state index is -0.156. The van der Waals surface area contributed by atoms with Crippen LogP contribution in [0.1, 0.15) is 5.69 Å². The van der Waals surface area contributed by atoms with Crippen LogP contribution in [0.4, 0.5) is 0 Å². The molecule has 1 amide bonds. The van der Waals surface area contributed by atoms with Crippen molar-refractivity contribution in [3.63, 3.8) is 0 Å². The van der Waals surface area contributed by atoms with Gasteiger partial charge in [0.25, 0.3) is 5.56 Å². The van der Waals surface area contributed by atoms with E-state index in [1.807, 2.05) is 46.0 Å². The molecule has 0 aromatic carbocycles. The highest BCUT2D eigenvalue weighted by Gasteiger charge is 2.22. The molecule has 1 fully saturated rings. The quantitative estimate of drug-likeness (QED) is 0.467. The van der Waals surface area contributed by atoms with Crippen molar-refractivity contribution in [3.8, 4) is 10.4 Å². The summed E-state index contributed by atoms with van der Waals surface area (Å²) in [5.41, 5.74) is 1.78. The Morgan fingerprint density at radius 3 is 2.65 bits per heavy atom. The van der Waals surface area contributed by atoms with E-state index in [0.717, 1.165) is 35.8 Å². The topological polar surface area (TPSA) is 71.3 Å². The highest BCUT2D eigenvalue weighted by Crippen LogP contribution is 2.33. The SMILES string of the molecule is O=C(Cn1cnc2scc(-c3cccs3)c2c1=O)N1CCN(Cc2ccccn2)CC1. The van der Waals surface area contributed by atoms with E-state index >= 15 is 0 Å². The lowest BCUT2D eigenvalue weighted by atomic mass is 10.2. The Morgan fingerprint density at radius 2 is 1.90 bits per heavy atom. The summed E-state index contributed by atoms with van der Waals surface area (Å²) >= 11 is 3.05. The first kappa shape index (κ1) is 20.0. The van der Waals surface area contributed by atoms with Gasteiger partial charge in [0.15, 0.2) is 0 Å². The summed E-state index contributed by atoms with van der Waals surface area (Å²) in [7, 11) is 0. The van der Waals surface area contributed by atoms with Gasteiger partial charge in [0.2, 0.25) is 5.91 Å². The van der Waals surface area contributed by atoms with E-state index < -0.39 is 0 Å². The lowest BCUT2D eigenvalue weighted by Crippen LogP contribution is -2.49. The van der Waals surface area contributed by atoms with Gasteiger partial charge >= 0.3 is 0 Å². The Hall–Kier alpha value is -2.88. The van der Waals surface area contributed by atoms with Crippen molar-refractivity contribution in [2.75, 3.05) is 26.2 Å². The maximum Gasteiger partial charge on any atom is 0.263 e. The van der Waals surface area contributed by atoms with Gasteiger partial charge in [-0.05, 0) is 23.6 Å². The third kappa shape index (κ3) is 4.16. The number of carbonyl (C=O) groups is 1. The maximum absolute atomic E-state index is 13.1. The first-order chi connectivity index (χ1) is 15.2. The first-order valence-electron chi connectivity index (χ1n) is 10.1. The predicted octanol–water partition coefficient (Wildman–Crippen LogP) is 2.93. The lowest BCUT2D eigenvalue weighted by molar-refractivity contribution is -0.133. The number of amides is 1. The minimum absolute atomic E-state index is 0.0156. The molecule has 31 heavy (non-hydrogen) atoms. The van der Waals surface area contributed by atoms with Gasteiger partial charge in [-0.3, -0.25) is 24.0 Å². The number of rotatable bonds is 5. The van der Waals surface area contributed by atoms with E-state index in [1.54, 1.807) is 17.5 Å². The van der Waals surface area contributed by atoms with Gasteiger partial charge in [0.1, 0.15) is 11.4 Å². The van der Waals surface area contributed by atoms with Crippen LogP contribution in [0.2, 0.25) is 0 Å². The lowest BCUT2D eigenvalue weighted by Gasteiger charge is -2.34. The van der Waals surface area contributed by atoms with Crippen molar-refractivity contribution in [3.05, 3.63) is 69.7 Å². The van der Waals surface area contributed by atoms with Gasteiger partial charge in [-0.2, -0.15) is 0 Å². The average Bonchev–Trinajstić information content (AvgIpc) is 3.47. The van der Waals surface area contributed by atoms with E-state index in [0.29, 0.717) is 23.3 Å². The van der Waals surface area contributed by atoms with E-state index in [1.165, 1.54) is 22.2 Å². The highest BCUT2D eigenvalue weighted by atomic mass is 32.1. The predicted molar refractivity (Wildman–Crippen MR) is 123 cm³/mol. The standard InChI is InChI=1S/C22H21N5O2S2/c28-19(26-9-7-25(8-10-26)12-16-4-1-2-6-23-16)13-27-15-24-21-20(22(27)29)17(14-31-21)18-5-3-11-30-18/h1-6,11,14-15H,7-10,12-13H2. The Balaban J connectivity index is 1.27. The summed E-state index contributed by atoms with van der Waals surface area (Å²) in [5.74, 6) is -0.0476. The molecule has 0 saturated carbocycles. The second kappa shape index (κ2) is 8.70. The normalized spacial score (nSPS) is 14.9. The van der Waals surface area contributed by atoms with Crippen molar-refractivity contribution < 1.29 is 4.79 Å². The molecule has 0 aliphatic carbocycles. The largest absolute Gasteiger partial charge is 0.339 e. The zero-order chi connectivity index (χ0) is 21.2. The summed E-state index contributed by atoms with van der Waals surface area (Å²) in [5, 5.41) is 4.56. The summed E-state index contributed by atoms with van der Waals surface area (Å²) in [6.45, 7) is 3.68. The van der Waals surface area contributed by atoms with Crippen molar-refractivity contribution >= 4 is 38.8 Å². The maximum atomic E-state index is 13.1. The van der Waals surface area contributed by atoms with Crippen LogP contribution >= 0.6 is 22.7 Å². The molecule has 5 heterocycles. The third-order valence-corrected chi connectivity index (χ3v) is 7.28. The molecule has 0 radical (unpaired) electrons. The number of carbonyl (C=O) groups excluding carboxylic acids is 1. The van der Waals surface area contributed by atoms with Crippen molar-refractivity contribution in [1.82, 2.24) is 24.3 Å². The molecule has 0 N–H and O–H groups in total. The Labute approximate surface area is 187 Å². The zero-order valence-corrected chi connectivity index (χ0v) is 18.4. The van der Waals surface area contributed by atoms with Gasteiger partial charge in [0, 0.05) is 54.7 Å². The van der Waals surface area contributed by atoms with E-state index in [-0.39, 0.29) is 18.0 Å². The van der Waals surface area contributed by atoms with E-state index in [2.05, 4.69) is 14.9 Å². The van der Waals surface area contributed by atoms with Crippen molar-refractivity contribution in [1.29, 1.82) is 0 Å². The number of pyridine rings is 1. The van der Waals surface area contributed by atoms with Crippen LogP contribution in [0, 0.1) is 0 Å². The van der Waals surface area contributed by atoms with Crippen LogP contribution in [-0.2, 0) is 17.9 Å². The number of fused-ring (bicyclic) bond motifs is 1. The molecule has 4 aromatic heterocycles. The molecule has 0 unspecified atom stereocenters. The Kier molecular flexibility index (Phi) is 5.63. The van der Waals surface area contributed by atoms with Crippen LogP contribution in [0.25, 0.3) is 20.7 Å². The van der Waals surface area contributed by atoms with Crippen molar-refractivity contribution in [2.45, 2.75) is 13.1 Å². The average molecular weight is 452 g/mol. The number of piperazine rings is 1. The van der Waals surface area contributed by atoms with E-state index in [4.69, 9.17) is 0 Å². The molecule has 1 saturated heterocycles. The molecule has 7 nitrogen and oxygen atoms in total. The molecule has 5 rings (SSSR count). The van der Waals surface area contributed by atoms with Crippen LogP contribution in [-0.4, -0.2) is 56.4 Å². The highest BCUT2D eigenvalue weighted by molar-refractivity contribution is 7.18. The molecule has 9 heteroatoms. The number of hydrogen-bond donors (Lipinski definition) is 0. The minimum Gasteiger partial charge on any atom is -0.339 e. The molecule has 0 spiro atoms. The fourth-order valence-corrected chi connectivity index (χ4v) is 5.54. The molecule has 4 aromatic rings. The first-order valence-corrected chi connectivity index (χ1v) is 11.9. The Bertz CT molecular complexity index is 1240. The van der Waals surface area contributed by atoms with Gasteiger partial charge in [-0.1, -0.05) is 12.1 Å². The second-order valence-electron chi connectivity index (χ2n) is 7.46. The van der Waals surface area contributed by atoms with Gasteiger partial charge in [0.05, 0.1) is 17.4 Å². The van der Waals surface area contributed by atoms with Crippen LogP contribution in [0.3, 0.4) is 0 Å². The smallest absolute Gasteiger partial charge is 0.263 e. The molecular formula is C22H21N5O2S2.